The normalized spacial score (nSPS) is 13.7. The van der Waals surface area contributed by atoms with E-state index in [-0.39, 0.29) is 55.7 Å². The van der Waals surface area contributed by atoms with Gasteiger partial charge in [-0.05, 0) is 45.7 Å². The van der Waals surface area contributed by atoms with Crippen molar-refractivity contribution in [2.24, 2.45) is 5.73 Å². The van der Waals surface area contributed by atoms with E-state index in [1.807, 2.05) is 27.7 Å². The van der Waals surface area contributed by atoms with Crippen molar-refractivity contribution in [3.63, 3.8) is 0 Å². The molecule has 0 spiro atoms. The van der Waals surface area contributed by atoms with Crippen LogP contribution in [0.15, 0.2) is 12.1 Å². The van der Waals surface area contributed by atoms with Crippen molar-refractivity contribution in [3.05, 3.63) is 35.1 Å². The number of nitrogens with zero attached hydrogens (tertiary/aromatic N) is 1. The van der Waals surface area contributed by atoms with Crippen LogP contribution >= 0.6 is 0 Å². The van der Waals surface area contributed by atoms with Gasteiger partial charge in [0.15, 0.2) is 11.6 Å². The molecular formula is C20H30F3N3O3. The Kier molecular flexibility index (Phi) is 9.58. The molecule has 1 aromatic rings. The van der Waals surface area contributed by atoms with Gasteiger partial charge in [-0.2, -0.15) is 0 Å². The lowest BCUT2D eigenvalue weighted by molar-refractivity contribution is -0.136. The Morgan fingerprint density at radius 1 is 1.24 bits per heavy atom. The number of carbonyl (C=O) groups excluding carboxylic acids is 2. The highest BCUT2D eigenvalue weighted by atomic mass is 19.2. The van der Waals surface area contributed by atoms with Gasteiger partial charge in [0.05, 0.1) is 18.2 Å². The summed E-state index contributed by atoms with van der Waals surface area (Å²) in [6.45, 7) is 8.28. The van der Waals surface area contributed by atoms with Crippen molar-refractivity contribution in [2.75, 3.05) is 19.7 Å². The number of nitrogens with one attached hydrogen (secondary N) is 1. The number of amides is 2. The summed E-state index contributed by atoms with van der Waals surface area (Å²) in [4.78, 5) is 24.8. The second kappa shape index (κ2) is 11.2. The average molecular weight is 417 g/mol. The number of halogens is 3. The van der Waals surface area contributed by atoms with Gasteiger partial charge in [-0.3, -0.25) is 9.59 Å². The molecule has 0 radical (unpaired) electrons. The third-order valence-corrected chi connectivity index (χ3v) is 4.20. The second-order valence-corrected chi connectivity index (χ2v) is 7.96. The molecule has 0 fully saturated rings. The molecule has 0 aliphatic carbocycles. The minimum absolute atomic E-state index is 0.0949. The topological polar surface area (TPSA) is 84.7 Å². The van der Waals surface area contributed by atoms with Gasteiger partial charge in [-0.1, -0.05) is 0 Å². The molecule has 2 unspecified atom stereocenters. The third kappa shape index (κ3) is 8.82. The van der Waals surface area contributed by atoms with Crippen molar-refractivity contribution in [3.8, 4) is 0 Å². The van der Waals surface area contributed by atoms with E-state index in [4.69, 9.17) is 10.5 Å². The van der Waals surface area contributed by atoms with E-state index < -0.39 is 23.5 Å². The smallest absolute Gasteiger partial charge is 0.224 e. The summed E-state index contributed by atoms with van der Waals surface area (Å²) in [5.41, 5.74) is 5.49. The highest BCUT2D eigenvalue weighted by Crippen LogP contribution is 2.17. The lowest BCUT2D eigenvalue weighted by Crippen LogP contribution is -2.47. The first-order chi connectivity index (χ1) is 13.4. The van der Waals surface area contributed by atoms with Gasteiger partial charge < -0.3 is 20.7 Å². The van der Waals surface area contributed by atoms with Gasteiger partial charge in [0.25, 0.3) is 0 Å². The van der Waals surface area contributed by atoms with Crippen LogP contribution in [0.1, 0.15) is 39.7 Å². The minimum Gasteiger partial charge on any atom is -0.374 e. The molecule has 0 aliphatic rings. The molecule has 3 N–H and O–H groups in total. The molecule has 0 aromatic heterocycles. The van der Waals surface area contributed by atoms with E-state index in [2.05, 4.69) is 5.32 Å². The lowest BCUT2D eigenvalue weighted by Gasteiger charge is -2.32. The minimum atomic E-state index is -1.28. The van der Waals surface area contributed by atoms with Crippen molar-refractivity contribution in [1.82, 2.24) is 10.2 Å². The average Bonchev–Trinajstić information content (AvgIpc) is 2.60. The highest BCUT2D eigenvalue weighted by Gasteiger charge is 2.24. The van der Waals surface area contributed by atoms with E-state index in [1.165, 1.54) is 4.90 Å². The first-order valence-electron chi connectivity index (χ1n) is 9.44. The van der Waals surface area contributed by atoms with Crippen molar-refractivity contribution in [2.45, 2.75) is 58.2 Å². The number of rotatable bonds is 11. The van der Waals surface area contributed by atoms with Crippen molar-refractivity contribution in [1.29, 1.82) is 0 Å². The molecule has 0 bridgehead atoms. The van der Waals surface area contributed by atoms with Gasteiger partial charge in [0, 0.05) is 31.6 Å². The largest absolute Gasteiger partial charge is 0.374 e. The number of nitrogens with two attached hydrogens (primary N) is 1. The Hall–Kier alpha value is -2.13. The van der Waals surface area contributed by atoms with Crippen LogP contribution in [0.3, 0.4) is 0 Å². The fourth-order valence-electron chi connectivity index (χ4n) is 2.71. The van der Waals surface area contributed by atoms with Gasteiger partial charge >= 0.3 is 0 Å². The lowest BCUT2D eigenvalue weighted by atomic mass is 10.0. The molecule has 0 saturated heterocycles. The zero-order valence-electron chi connectivity index (χ0n) is 17.3. The summed E-state index contributed by atoms with van der Waals surface area (Å²) in [6.07, 6.45) is 0.290. The van der Waals surface area contributed by atoms with Crippen LogP contribution in [-0.4, -0.2) is 54.6 Å². The molecule has 0 saturated carbocycles. The van der Waals surface area contributed by atoms with Crippen molar-refractivity contribution >= 4 is 12.3 Å². The summed E-state index contributed by atoms with van der Waals surface area (Å²) in [6, 6.07) is 0.129. The van der Waals surface area contributed by atoms with Crippen LogP contribution in [0, 0.1) is 17.5 Å². The summed E-state index contributed by atoms with van der Waals surface area (Å²) in [5.74, 6) is -3.67. The molecule has 1 rings (SSSR count). The fraction of sp³-hybridized carbons (Fsp3) is 0.600. The third-order valence-electron chi connectivity index (χ3n) is 4.20. The summed E-state index contributed by atoms with van der Waals surface area (Å²) < 4.78 is 46.0. The van der Waals surface area contributed by atoms with Crippen LogP contribution in [0.25, 0.3) is 0 Å². The highest BCUT2D eigenvalue weighted by molar-refractivity contribution is 5.77. The molecule has 9 heteroatoms. The molecule has 164 valence electrons. The SMILES string of the molecule is CC(COC(C)(C)C)N(CCNC=O)C(=O)CC(N)Cc1cc(F)c(F)cc1F. The molecule has 29 heavy (non-hydrogen) atoms. The summed E-state index contributed by atoms with van der Waals surface area (Å²) in [5, 5.41) is 2.50. The van der Waals surface area contributed by atoms with Crippen LogP contribution in [0.4, 0.5) is 13.2 Å². The first-order valence-corrected chi connectivity index (χ1v) is 9.44. The molecule has 6 nitrogen and oxygen atoms in total. The molecule has 2 amide bonds. The number of hydrogen-bond donors (Lipinski definition) is 2. The van der Waals surface area contributed by atoms with E-state index in [0.29, 0.717) is 12.5 Å². The van der Waals surface area contributed by atoms with Gasteiger partial charge in [-0.25, -0.2) is 13.2 Å². The second-order valence-electron chi connectivity index (χ2n) is 7.96. The fourth-order valence-corrected chi connectivity index (χ4v) is 2.71. The Bertz CT molecular complexity index is 696. The number of ether oxygens (including phenoxy) is 1. The number of carbonyl (C=O) groups is 2. The number of hydrogen-bond acceptors (Lipinski definition) is 4. The maximum absolute atomic E-state index is 13.8. The van der Waals surface area contributed by atoms with Crippen LogP contribution in [0.5, 0.6) is 0 Å². The molecule has 1 aromatic carbocycles. The summed E-state index contributed by atoms with van der Waals surface area (Å²) >= 11 is 0. The van der Waals surface area contributed by atoms with E-state index in [9.17, 15) is 22.8 Å². The van der Waals surface area contributed by atoms with Gasteiger partial charge in [0.1, 0.15) is 5.82 Å². The maximum atomic E-state index is 13.8. The van der Waals surface area contributed by atoms with Gasteiger partial charge in [-0.15, -0.1) is 0 Å². The van der Waals surface area contributed by atoms with E-state index in [1.54, 1.807) is 0 Å². The molecule has 0 aliphatic heterocycles. The molecular weight excluding hydrogens is 387 g/mol. The van der Waals surface area contributed by atoms with Crippen LogP contribution in [0.2, 0.25) is 0 Å². The van der Waals surface area contributed by atoms with E-state index >= 15 is 0 Å². The van der Waals surface area contributed by atoms with E-state index in [0.717, 1.165) is 6.07 Å². The van der Waals surface area contributed by atoms with Crippen LogP contribution < -0.4 is 11.1 Å². The van der Waals surface area contributed by atoms with Gasteiger partial charge in [0.2, 0.25) is 12.3 Å². The summed E-state index contributed by atoms with van der Waals surface area (Å²) in [7, 11) is 0. The Balaban J connectivity index is 2.78. The number of benzene rings is 1. The first kappa shape index (κ1) is 24.9. The predicted molar refractivity (Wildman–Crippen MR) is 104 cm³/mol. The zero-order valence-corrected chi connectivity index (χ0v) is 17.3. The quantitative estimate of drug-likeness (QED) is 0.328. The Labute approximate surface area is 169 Å². The Morgan fingerprint density at radius 2 is 1.86 bits per heavy atom. The molecule has 0 heterocycles. The van der Waals surface area contributed by atoms with Crippen LogP contribution in [-0.2, 0) is 20.7 Å². The maximum Gasteiger partial charge on any atom is 0.224 e. The standard InChI is InChI=1S/C20H30F3N3O3/c1-13(11-29-20(2,3)4)26(6-5-25-12-27)19(28)9-15(24)7-14-8-17(22)18(23)10-16(14)21/h8,10,12-13,15H,5-7,9,11,24H2,1-4H3,(H,25,27). The Morgan fingerprint density at radius 3 is 2.45 bits per heavy atom. The van der Waals surface area contributed by atoms with Crippen molar-refractivity contribution < 1.29 is 27.5 Å². The molecule has 2 atom stereocenters. The predicted octanol–water partition coefficient (Wildman–Crippen LogP) is 2.14. The monoisotopic (exact) mass is 417 g/mol. The zero-order chi connectivity index (χ0) is 22.2.